The number of benzene rings is 1. The third-order valence-corrected chi connectivity index (χ3v) is 5.76. The predicted octanol–water partition coefficient (Wildman–Crippen LogP) is 3.13. The van der Waals surface area contributed by atoms with Crippen LogP contribution in [0.1, 0.15) is 48.8 Å². The van der Waals surface area contributed by atoms with Crippen LogP contribution in [0, 0.1) is 5.92 Å². The molecule has 4 heteroatoms. The summed E-state index contributed by atoms with van der Waals surface area (Å²) in [4.78, 5) is 14.6. The number of piperidine rings is 1. The molecule has 1 aliphatic heterocycles. The number of nitrogens with one attached hydrogen (secondary N) is 1. The Labute approximate surface area is 151 Å². The molecule has 1 saturated heterocycles. The van der Waals surface area contributed by atoms with Gasteiger partial charge in [-0.15, -0.1) is 12.4 Å². The summed E-state index contributed by atoms with van der Waals surface area (Å²) in [6, 6.07) is 7.29. The Morgan fingerprint density at radius 1 is 1.08 bits per heavy atom. The maximum absolute atomic E-state index is 12.6. The Morgan fingerprint density at radius 3 is 2.58 bits per heavy atom. The molecule has 1 aromatic rings. The molecule has 1 saturated carbocycles. The van der Waals surface area contributed by atoms with Crippen molar-refractivity contribution in [1.29, 1.82) is 0 Å². The largest absolute Gasteiger partial charge is 0.342 e. The smallest absolute Gasteiger partial charge is 0.226 e. The van der Waals surface area contributed by atoms with Gasteiger partial charge < -0.3 is 10.2 Å². The van der Waals surface area contributed by atoms with Crippen molar-refractivity contribution < 1.29 is 4.79 Å². The Kier molecular flexibility index (Phi) is 5.83. The van der Waals surface area contributed by atoms with Crippen LogP contribution in [0.2, 0.25) is 0 Å². The number of likely N-dealkylation sites (tertiary alicyclic amines) is 1. The van der Waals surface area contributed by atoms with E-state index in [0.29, 0.717) is 18.4 Å². The molecule has 0 bridgehead atoms. The van der Waals surface area contributed by atoms with Crippen molar-refractivity contribution in [2.24, 2.45) is 5.92 Å². The minimum Gasteiger partial charge on any atom is -0.342 e. The Hall–Kier alpha value is -1.06. The third kappa shape index (κ3) is 4.31. The predicted molar refractivity (Wildman–Crippen MR) is 99.7 cm³/mol. The van der Waals surface area contributed by atoms with Crippen molar-refractivity contribution in [1.82, 2.24) is 10.2 Å². The molecule has 0 radical (unpaired) electrons. The minimum atomic E-state index is 0. The number of hydrogen-bond donors (Lipinski definition) is 1. The van der Waals surface area contributed by atoms with Gasteiger partial charge in [-0.1, -0.05) is 18.2 Å². The Bertz CT molecular complexity index is 577. The van der Waals surface area contributed by atoms with E-state index in [1.807, 2.05) is 0 Å². The van der Waals surface area contributed by atoms with Crippen LogP contribution >= 0.6 is 12.4 Å². The molecule has 0 aromatic heterocycles. The van der Waals surface area contributed by atoms with Gasteiger partial charge in [0, 0.05) is 19.1 Å². The van der Waals surface area contributed by atoms with Gasteiger partial charge in [0.2, 0.25) is 5.91 Å². The van der Waals surface area contributed by atoms with Gasteiger partial charge in [0.1, 0.15) is 0 Å². The first kappa shape index (κ1) is 17.8. The summed E-state index contributed by atoms with van der Waals surface area (Å²) in [6.07, 6.45) is 9.30. The number of amides is 1. The Balaban J connectivity index is 0.00000169. The second-order valence-corrected chi connectivity index (χ2v) is 7.64. The van der Waals surface area contributed by atoms with Crippen molar-refractivity contribution in [3.8, 4) is 0 Å². The van der Waals surface area contributed by atoms with Crippen LogP contribution in [-0.2, 0) is 24.1 Å². The molecule has 0 unspecified atom stereocenters. The maximum Gasteiger partial charge on any atom is 0.226 e. The normalized spacial score (nSPS) is 20.6. The molecule has 132 valence electrons. The number of hydrogen-bond acceptors (Lipinski definition) is 2. The summed E-state index contributed by atoms with van der Waals surface area (Å²) in [5.41, 5.74) is 4.16. The molecule has 4 rings (SSSR count). The van der Waals surface area contributed by atoms with Crippen molar-refractivity contribution in [3.63, 3.8) is 0 Å². The zero-order valence-electron chi connectivity index (χ0n) is 14.4. The molecule has 24 heavy (non-hydrogen) atoms. The highest BCUT2D eigenvalue weighted by atomic mass is 35.5. The van der Waals surface area contributed by atoms with E-state index < -0.39 is 0 Å². The van der Waals surface area contributed by atoms with Crippen molar-refractivity contribution in [2.75, 3.05) is 19.6 Å². The van der Waals surface area contributed by atoms with Crippen LogP contribution in [0.3, 0.4) is 0 Å². The van der Waals surface area contributed by atoms with Crippen LogP contribution in [-0.4, -0.2) is 36.5 Å². The standard InChI is InChI=1S/C20H28N2O.ClH/c23-20(13-16-6-7-17-2-1-3-18(17)12-16)22-10-8-19(9-11-22)21-14-15-4-5-15;/h6-7,12,15,19,21H,1-5,8-11,13-14H2;1H. The fourth-order valence-corrected chi connectivity index (χ4v) is 4.01. The average Bonchev–Trinajstić information content (AvgIpc) is 3.29. The summed E-state index contributed by atoms with van der Waals surface area (Å²) >= 11 is 0. The van der Waals surface area contributed by atoms with Gasteiger partial charge in [-0.2, -0.15) is 0 Å². The van der Waals surface area contributed by atoms with Crippen molar-refractivity contribution in [3.05, 3.63) is 34.9 Å². The number of halogens is 1. The summed E-state index contributed by atoms with van der Waals surface area (Å²) < 4.78 is 0. The molecule has 1 aromatic carbocycles. The van der Waals surface area contributed by atoms with Gasteiger partial charge in [-0.05, 0) is 74.1 Å². The van der Waals surface area contributed by atoms with Gasteiger partial charge in [0.25, 0.3) is 0 Å². The van der Waals surface area contributed by atoms with Crippen molar-refractivity contribution in [2.45, 2.75) is 57.4 Å². The average molecular weight is 349 g/mol. The Morgan fingerprint density at radius 2 is 1.83 bits per heavy atom. The van der Waals surface area contributed by atoms with E-state index in [9.17, 15) is 4.79 Å². The first-order chi connectivity index (χ1) is 11.3. The second kappa shape index (κ2) is 7.88. The van der Waals surface area contributed by atoms with Crippen LogP contribution in [0.25, 0.3) is 0 Å². The zero-order chi connectivity index (χ0) is 15.6. The molecule has 1 amide bonds. The summed E-state index contributed by atoms with van der Waals surface area (Å²) in [5.74, 6) is 1.25. The number of aryl methyl sites for hydroxylation is 2. The highest BCUT2D eigenvalue weighted by molar-refractivity contribution is 5.85. The molecule has 3 aliphatic rings. The van der Waals surface area contributed by atoms with E-state index in [2.05, 4.69) is 28.4 Å². The number of carbonyl (C=O) groups is 1. The first-order valence-electron chi connectivity index (χ1n) is 9.40. The van der Waals surface area contributed by atoms with E-state index in [1.54, 1.807) is 0 Å². The summed E-state index contributed by atoms with van der Waals surface area (Å²) in [7, 11) is 0. The van der Waals surface area contributed by atoms with Gasteiger partial charge in [-0.3, -0.25) is 4.79 Å². The molecular formula is C20H29ClN2O. The second-order valence-electron chi connectivity index (χ2n) is 7.64. The van der Waals surface area contributed by atoms with Gasteiger partial charge >= 0.3 is 0 Å². The molecule has 0 atom stereocenters. The van der Waals surface area contributed by atoms with E-state index in [1.165, 1.54) is 55.3 Å². The summed E-state index contributed by atoms with van der Waals surface area (Å²) in [6.45, 7) is 3.03. The van der Waals surface area contributed by atoms with Gasteiger partial charge in [0.15, 0.2) is 0 Å². The zero-order valence-corrected chi connectivity index (χ0v) is 15.2. The van der Waals surface area contributed by atoms with Crippen LogP contribution in [0.5, 0.6) is 0 Å². The third-order valence-electron chi connectivity index (χ3n) is 5.76. The molecule has 3 nitrogen and oxygen atoms in total. The lowest BCUT2D eigenvalue weighted by atomic mass is 10.0. The lowest BCUT2D eigenvalue weighted by molar-refractivity contribution is -0.131. The fourth-order valence-electron chi connectivity index (χ4n) is 4.01. The van der Waals surface area contributed by atoms with E-state index in [0.717, 1.165) is 31.8 Å². The van der Waals surface area contributed by atoms with Crippen LogP contribution in [0.4, 0.5) is 0 Å². The quantitative estimate of drug-likeness (QED) is 0.886. The maximum atomic E-state index is 12.6. The molecule has 2 fully saturated rings. The summed E-state index contributed by atoms with van der Waals surface area (Å²) in [5, 5.41) is 3.68. The highest BCUT2D eigenvalue weighted by Gasteiger charge is 2.26. The monoisotopic (exact) mass is 348 g/mol. The molecule has 0 spiro atoms. The van der Waals surface area contributed by atoms with E-state index >= 15 is 0 Å². The lowest BCUT2D eigenvalue weighted by Crippen LogP contribution is -2.45. The van der Waals surface area contributed by atoms with Gasteiger partial charge in [-0.25, -0.2) is 0 Å². The number of carbonyl (C=O) groups excluding carboxylic acids is 1. The lowest BCUT2D eigenvalue weighted by Gasteiger charge is -2.32. The molecule has 1 heterocycles. The number of nitrogens with zero attached hydrogens (tertiary/aromatic N) is 1. The van der Waals surface area contributed by atoms with Crippen LogP contribution in [0.15, 0.2) is 18.2 Å². The van der Waals surface area contributed by atoms with E-state index in [4.69, 9.17) is 0 Å². The number of rotatable bonds is 5. The van der Waals surface area contributed by atoms with E-state index in [-0.39, 0.29) is 12.4 Å². The van der Waals surface area contributed by atoms with Crippen LogP contribution < -0.4 is 5.32 Å². The highest BCUT2D eigenvalue weighted by Crippen LogP contribution is 2.28. The SMILES string of the molecule is Cl.O=C(Cc1ccc2c(c1)CCC2)N1CCC(NCC2CC2)CC1. The first-order valence-corrected chi connectivity index (χ1v) is 9.40. The minimum absolute atomic E-state index is 0. The topological polar surface area (TPSA) is 32.3 Å². The number of fused-ring (bicyclic) bond motifs is 1. The van der Waals surface area contributed by atoms with Gasteiger partial charge in [0.05, 0.1) is 6.42 Å². The molecular weight excluding hydrogens is 320 g/mol. The fraction of sp³-hybridized carbons (Fsp3) is 0.650. The molecule has 2 aliphatic carbocycles. The van der Waals surface area contributed by atoms with Crippen molar-refractivity contribution >= 4 is 18.3 Å². The molecule has 1 N–H and O–H groups in total.